The Balaban J connectivity index is 1.24. The molecular weight excluding hydrogens is 510 g/mol. The number of likely N-dealkylation sites (N-methyl/N-ethyl adjacent to an activating group) is 1. The van der Waals surface area contributed by atoms with Crippen LogP contribution in [-0.2, 0) is 14.3 Å². The molecule has 2 heterocycles. The van der Waals surface area contributed by atoms with Gasteiger partial charge in [0.1, 0.15) is 29.6 Å². The smallest absolute Gasteiger partial charge is 0.435 e. The Morgan fingerprint density at radius 3 is 2.33 bits per heavy atom. The van der Waals surface area contributed by atoms with Crippen LogP contribution in [0.2, 0.25) is 0 Å². The van der Waals surface area contributed by atoms with Crippen LogP contribution in [0.3, 0.4) is 0 Å². The highest BCUT2D eigenvalue weighted by Gasteiger charge is 2.31. The van der Waals surface area contributed by atoms with E-state index >= 15 is 0 Å². The van der Waals surface area contributed by atoms with Crippen molar-refractivity contribution in [3.63, 3.8) is 0 Å². The number of rotatable bonds is 5. The Hall–Kier alpha value is -4.73. The van der Waals surface area contributed by atoms with Crippen molar-refractivity contribution in [2.24, 2.45) is 0 Å². The summed E-state index contributed by atoms with van der Waals surface area (Å²) >= 11 is 0. The Labute approximate surface area is 233 Å². The van der Waals surface area contributed by atoms with Gasteiger partial charge in [-0.05, 0) is 62.1 Å². The number of nitrogens with zero attached hydrogens (tertiary/aromatic N) is 4. The highest BCUT2D eigenvalue weighted by Crippen LogP contribution is 2.44. The van der Waals surface area contributed by atoms with E-state index in [4.69, 9.17) is 10.8 Å². The minimum Gasteiger partial charge on any atom is -0.448 e. The summed E-state index contributed by atoms with van der Waals surface area (Å²) in [6.45, 7) is 6.87. The van der Waals surface area contributed by atoms with Gasteiger partial charge in [-0.3, -0.25) is 9.69 Å². The van der Waals surface area contributed by atoms with Gasteiger partial charge < -0.3 is 14.8 Å². The van der Waals surface area contributed by atoms with Crippen LogP contribution in [-0.4, -0.2) is 63.0 Å². The van der Waals surface area contributed by atoms with Gasteiger partial charge in [-0.2, -0.15) is 9.78 Å². The minimum atomic E-state index is -1.01. The van der Waals surface area contributed by atoms with Crippen molar-refractivity contribution in [1.29, 1.82) is 0 Å². The molecule has 0 radical (unpaired) electrons. The zero-order chi connectivity index (χ0) is 29.3. The molecule has 10 heteroatoms. The van der Waals surface area contributed by atoms with Crippen molar-refractivity contribution < 1.29 is 25.2 Å². The SMILES string of the molecule is [2H]CN(C(=O)OCC1c2ccccc2-c2ccccc21)[C@@H](C)C(=O)Nc1ccc2c(cnn2C(=O)OC(C)(C)C)n1. The molecule has 1 aliphatic rings. The molecule has 1 atom stereocenters. The maximum atomic E-state index is 13.0. The van der Waals surface area contributed by atoms with Gasteiger partial charge in [0.2, 0.25) is 5.91 Å². The van der Waals surface area contributed by atoms with Gasteiger partial charge >= 0.3 is 12.2 Å². The summed E-state index contributed by atoms with van der Waals surface area (Å²) in [6.07, 6.45) is -0.00838. The molecule has 0 spiro atoms. The minimum absolute atomic E-state index is 0.0809. The fourth-order valence-corrected chi connectivity index (χ4v) is 4.64. The zero-order valence-corrected chi connectivity index (χ0v) is 22.7. The van der Waals surface area contributed by atoms with Crippen LogP contribution in [0.1, 0.15) is 46.1 Å². The number of amides is 2. The number of aromatic nitrogens is 3. The third-order valence-corrected chi connectivity index (χ3v) is 6.66. The molecule has 0 fully saturated rings. The lowest BCUT2D eigenvalue weighted by molar-refractivity contribution is -0.120. The van der Waals surface area contributed by atoms with Gasteiger partial charge in [0.05, 0.1) is 11.7 Å². The van der Waals surface area contributed by atoms with Gasteiger partial charge in [-0.25, -0.2) is 14.6 Å². The molecular formula is C30H31N5O5. The lowest BCUT2D eigenvalue weighted by Gasteiger charge is -2.24. The van der Waals surface area contributed by atoms with Crippen molar-refractivity contribution >= 4 is 34.9 Å². The van der Waals surface area contributed by atoms with Crippen molar-refractivity contribution in [1.82, 2.24) is 19.7 Å². The first-order valence-electron chi connectivity index (χ1n) is 13.6. The first kappa shape index (κ1) is 25.5. The van der Waals surface area contributed by atoms with E-state index < -0.39 is 36.8 Å². The van der Waals surface area contributed by atoms with Gasteiger partial charge in [-0.1, -0.05) is 48.5 Å². The number of nitrogens with one attached hydrogen (secondary N) is 1. The molecule has 2 aromatic carbocycles. The van der Waals surface area contributed by atoms with E-state index in [9.17, 15) is 14.4 Å². The van der Waals surface area contributed by atoms with Crippen molar-refractivity contribution in [2.75, 3.05) is 18.9 Å². The lowest BCUT2D eigenvalue weighted by Crippen LogP contribution is -2.43. The zero-order valence-electron chi connectivity index (χ0n) is 23.7. The molecule has 0 unspecified atom stereocenters. The molecule has 4 aromatic rings. The van der Waals surface area contributed by atoms with Crippen LogP contribution in [0.15, 0.2) is 66.9 Å². The molecule has 5 rings (SSSR count). The number of carbonyl (C=O) groups is 3. The first-order chi connectivity index (χ1) is 19.6. The molecule has 0 aliphatic heterocycles. The molecule has 40 heavy (non-hydrogen) atoms. The van der Waals surface area contributed by atoms with Crippen LogP contribution >= 0.6 is 0 Å². The van der Waals surface area contributed by atoms with Gasteiger partial charge in [0.25, 0.3) is 0 Å². The summed E-state index contributed by atoms with van der Waals surface area (Å²) in [4.78, 5) is 43.9. The highest BCUT2D eigenvalue weighted by molar-refractivity contribution is 5.96. The van der Waals surface area contributed by atoms with Crippen molar-refractivity contribution in [2.45, 2.75) is 45.3 Å². The van der Waals surface area contributed by atoms with Gasteiger partial charge in [-0.15, -0.1) is 0 Å². The van der Waals surface area contributed by atoms with Crippen molar-refractivity contribution in [3.8, 4) is 11.1 Å². The Bertz CT molecular complexity index is 1580. The van der Waals surface area contributed by atoms with Crippen LogP contribution in [0.4, 0.5) is 15.4 Å². The monoisotopic (exact) mass is 542 g/mol. The Kier molecular flexibility index (Phi) is 6.67. The third-order valence-electron chi connectivity index (χ3n) is 6.66. The average molecular weight is 543 g/mol. The number of pyridine rings is 1. The van der Waals surface area contributed by atoms with Gasteiger partial charge in [0.15, 0.2) is 0 Å². The number of fused-ring (bicyclic) bond motifs is 4. The second kappa shape index (κ2) is 10.4. The summed E-state index contributed by atoms with van der Waals surface area (Å²) in [5, 5.41) is 6.72. The quantitative estimate of drug-likeness (QED) is 0.358. The second-order valence-corrected chi connectivity index (χ2v) is 10.6. The van der Waals surface area contributed by atoms with E-state index in [1.165, 1.54) is 19.2 Å². The molecule has 10 nitrogen and oxygen atoms in total. The van der Waals surface area contributed by atoms with Gasteiger partial charge in [0, 0.05) is 14.3 Å². The fourth-order valence-electron chi connectivity index (χ4n) is 4.64. The maximum Gasteiger partial charge on any atom is 0.435 e. The molecule has 0 saturated carbocycles. The molecule has 206 valence electrons. The van der Waals surface area contributed by atoms with Crippen molar-refractivity contribution in [3.05, 3.63) is 78.0 Å². The van der Waals surface area contributed by atoms with E-state index in [2.05, 4.69) is 15.4 Å². The van der Waals surface area contributed by atoms with E-state index in [-0.39, 0.29) is 18.3 Å². The summed E-state index contributed by atoms with van der Waals surface area (Å²) < 4.78 is 20.0. The Morgan fingerprint density at radius 2 is 1.70 bits per heavy atom. The van der Waals surface area contributed by atoms with E-state index in [0.29, 0.717) is 11.0 Å². The normalized spacial score (nSPS) is 13.7. The fraction of sp³-hybridized carbons (Fsp3) is 0.300. The molecule has 1 N–H and O–H groups in total. The van der Waals surface area contributed by atoms with E-state index in [0.717, 1.165) is 31.8 Å². The maximum absolute atomic E-state index is 13.0. The first-order valence-corrected chi connectivity index (χ1v) is 12.9. The Morgan fingerprint density at radius 1 is 1.05 bits per heavy atom. The van der Waals surface area contributed by atoms with Crippen LogP contribution < -0.4 is 5.32 Å². The topological polar surface area (TPSA) is 116 Å². The average Bonchev–Trinajstić information content (AvgIpc) is 3.50. The molecule has 0 saturated heterocycles. The number of hydrogen-bond donors (Lipinski definition) is 1. The number of benzene rings is 2. The largest absolute Gasteiger partial charge is 0.448 e. The molecule has 1 aliphatic carbocycles. The second-order valence-electron chi connectivity index (χ2n) is 10.6. The summed E-state index contributed by atoms with van der Waals surface area (Å²) in [5.74, 6) is -0.478. The number of carbonyl (C=O) groups excluding carboxylic acids is 3. The predicted molar refractivity (Wildman–Crippen MR) is 150 cm³/mol. The molecule has 2 aromatic heterocycles. The standard InChI is InChI=1S/C30H31N5O5/c1-18(27(36)33-26-15-14-25-24(32-26)16-31-35(25)29(38)40-30(2,3)4)34(5)28(37)39-17-23-21-12-8-6-10-19(21)20-11-7-9-13-22(20)23/h6-16,18,23H,17H2,1-5H3,(H,32,33,36)/t18-/m0/s1/i5D. The number of hydrogen-bond acceptors (Lipinski definition) is 7. The molecule has 0 bridgehead atoms. The third kappa shape index (κ3) is 5.25. The van der Waals surface area contributed by atoms with Crippen LogP contribution in [0.5, 0.6) is 0 Å². The lowest BCUT2D eigenvalue weighted by atomic mass is 9.98. The van der Waals surface area contributed by atoms with E-state index in [1.54, 1.807) is 26.8 Å². The summed E-state index contributed by atoms with van der Waals surface area (Å²) in [5.41, 5.74) is 4.45. The van der Waals surface area contributed by atoms with Crippen LogP contribution in [0.25, 0.3) is 22.2 Å². The van der Waals surface area contributed by atoms with Crippen LogP contribution in [0, 0.1) is 0 Å². The molecule has 2 amide bonds. The number of anilines is 1. The number of ether oxygens (including phenoxy) is 2. The predicted octanol–water partition coefficient (Wildman–Crippen LogP) is 5.42. The van der Waals surface area contributed by atoms with E-state index in [1.807, 2.05) is 48.5 Å². The highest BCUT2D eigenvalue weighted by atomic mass is 16.6. The summed E-state index contributed by atoms with van der Waals surface area (Å²) in [7, 11) is -0.472. The summed E-state index contributed by atoms with van der Waals surface area (Å²) in [6, 6.07) is 18.1.